The van der Waals surface area contributed by atoms with Crippen molar-refractivity contribution in [3.63, 3.8) is 0 Å². The molecule has 0 radical (unpaired) electrons. The Morgan fingerprint density at radius 1 is 1.16 bits per heavy atom. The molecule has 19 heavy (non-hydrogen) atoms. The number of aromatic nitrogens is 5. The van der Waals surface area contributed by atoms with E-state index in [0.29, 0.717) is 23.0 Å². The van der Waals surface area contributed by atoms with E-state index in [4.69, 9.17) is 0 Å². The third-order valence-corrected chi connectivity index (χ3v) is 4.47. The van der Waals surface area contributed by atoms with Gasteiger partial charge in [0.15, 0.2) is 5.82 Å². The number of aromatic amines is 2. The number of hydrogen-bond donors (Lipinski definition) is 3. The molecule has 2 heterocycles. The molecule has 0 fully saturated rings. The maximum atomic E-state index is 12.3. The van der Waals surface area contributed by atoms with Gasteiger partial charge >= 0.3 is 0 Å². The summed E-state index contributed by atoms with van der Waals surface area (Å²) in [5.41, 5.74) is 0.937. The minimum absolute atomic E-state index is 0.173. The van der Waals surface area contributed by atoms with Crippen LogP contribution >= 0.6 is 0 Å². The van der Waals surface area contributed by atoms with E-state index in [1.165, 1.54) is 0 Å². The molecule has 0 bridgehead atoms. The summed E-state index contributed by atoms with van der Waals surface area (Å²) in [6, 6.07) is -0.524. The van der Waals surface area contributed by atoms with Crippen molar-refractivity contribution in [2.45, 2.75) is 38.6 Å². The third kappa shape index (κ3) is 2.66. The summed E-state index contributed by atoms with van der Waals surface area (Å²) < 4.78 is 27.1. The maximum Gasteiger partial charge on any atom is 0.244 e. The number of H-pyrrole nitrogens is 2. The van der Waals surface area contributed by atoms with Crippen LogP contribution < -0.4 is 4.72 Å². The fourth-order valence-electron chi connectivity index (χ4n) is 1.83. The molecule has 0 saturated carbocycles. The maximum absolute atomic E-state index is 12.3. The molecule has 0 aliphatic carbocycles. The van der Waals surface area contributed by atoms with Gasteiger partial charge < -0.3 is 0 Å². The van der Waals surface area contributed by atoms with Crippen LogP contribution in [0.4, 0.5) is 0 Å². The molecular formula is C10H16N6O2S. The molecule has 9 heteroatoms. The highest BCUT2D eigenvalue weighted by atomic mass is 32.2. The number of hydrogen-bond acceptors (Lipinski definition) is 5. The van der Waals surface area contributed by atoms with Crippen molar-refractivity contribution >= 4 is 10.0 Å². The predicted octanol–water partition coefficient (Wildman–Crippen LogP) is 0.493. The Labute approximate surface area is 111 Å². The van der Waals surface area contributed by atoms with Crippen LogP contribution in [-0.2, 0) is 10.0 Å². The Kier molecular flexibility index (Phi) is 3.42. The third-order valence-electron chi connectivity index (χ3n) is 2.66. The smallest absolute Gasteiger partial charge is 0.244 e. The van der Waals surface area contributed by atoms with Gasteiger partial charge in [-0.05, 0) is 27.7 Å². The van der Waals surface area contributed by atoms with E-state index in [9.17, 15) is 8.42 Å². The van der Waals surface area contributed by atoms with Crippen molar-refractivity contribution in [1.82, 2.24) is 30.1 Å². The van der Waals surface area contributed by atoms with Crippen molar-refractivity contribution in [3.05, 3.63) is 23.0 Å². The zero-order valence-electron chi connectivity index (χ0n) is 11.1. The van der Waals surface area contributed by atoms with Crippen LogP contribution in [0.2, 0.25) is 0 Å². The summed E-state index contributed by atoms with van der Waals surface area (Å²) in [4.78, 5) is 4.28. The van der Waals surface area contributed by atoms with E-state index in [1.807, 2.05) is 0 Å². The van der Waals surface area contributed by atoms with Gasteiger partial charge in [-0.3, -0.25) is 10.2 Å². The second-order valence-corrected chi connectivity index (χ2v) is 6.04. The molecule has 1 unspecified atom stereocenters. The normalized spacial score (nSPS) is 13.7. The van der Waals surface area contributed by atoms with Gasteiger partial charge in [-0.2, -0.15) is 10.2 Å². The highest BCUT2D eigenvalue weighted by Gasteiger charge is 2.25. The minimum atomic E-state index is -3.65. The molecule has 104 valence electrons. The molecule has 8 nitrogen and oxygen atoms in total. The summed E-state index contributed by atoms with van der Waals surface area (Å²) in [6.07, 6.45) is 0. The van der Waals surface area contributed by atoms with Gasteiger partial charge in [-0.1, -0.05) is 0 Å². The van der Waals surface area contributed by atoms with Crippen molar-refractivity contribution in [2.24, 2.45) is 0 Å². The Morgan fingerprint density at radius 2 is 1.84 bits per heavy atom. The minimum Gasteiger partial charge on any atom is -0.281 e. The van der Waals surface area contributed by atoms with Gasteiger partial charge in [0.25, 0.3) is 0 Å². The molecule has 2 aromatic heterocycles. The van der Waals surface area contributed by atoms with Gasteiger partial charge in [0, 0.05) is 0 Å². The average Bonchev–Trinajstić information content (AvgIpc) is 2.85. The first kappa shape index (κ1) is 13.7. The van der Waals surface area contributed by atoms with Crippen LogP contribution in [0.25, 0.3) is 0 Å². The lowest BCUT2D eigenvalue weighted by atomic mass is 10.3. The van der Waals surface area contributed by atoms with E-state index >= 15 is 0 Å². The molecule has 0 aliphatic heterocycles. The Hall–Kier alpha value is -1.74. The standard InChI is InChI=1S/C10H16N6O2S/c1-5-9(6(2)13-12-5)19(17,18)16-7(3)10-11-8(4)14-15-10/h7,16H,1-4H3,(H,12,13)(H,11,14,15). The molecule has 0 aromatic carbocycles. The fraction of sp³-hybridized carbons (Fsp3) is 0.500. The quantitative estimate of drug-likeness (QED) is 0.755. The van der Waals surface area contributed by atoms with Crippen molar-refractivity contribution in [3.8, 4) is 0 Å². The average molecular weight is 284 g/mol. The lowest BCUT2D eigenvalue weighted by molar-refractivity contribution is 0.559. The van der Waals surface area contributed by atoms with Crippen molar-refractivity contribution < 1.29 is 8.42 Å². The molecule has 0 aliphatic rings. The van der Waals surface area contributed by atoms with Crippen LogP contribution in [0.5, 0.6) is 0 Å². The number of aryl methyl sites for hydroxylation is 3. The van der Waals surface area contributed by atoms with Crippen LogP contribution in [0.3, 0.4) is 0 Å². The summed E-state index contributed by atoms with van der Waals surface area (Å²) in [5.74, 6) is 1.04. The Balaban J connectivity index is 2.27. The Morgan fingerprint density at radius 3 is 2.32 bits per heavy atom. The molecular weight excluding hydrogens is 268 g/mol. The van der Waals surface area contributed by atoms with Crippen LogP contribution in [0.1, 0.15) is 36.0 Å². The van der Waals surface area contributed by atoms with Gasteiger partial charge in [-0.25, -0.2) is 18.1 Å². The van der Waals surface area contributed by atoms with E-state index in [0.717, 1.165) is 0 Å². The van der Waals surface area contributed by atoms with Crippen molar-refractivity contribution in [1.29, 1.82) is 0 Å². The number of rotatable bonds is 4. The first-order valence-electron chi connectivity index (χ1n) is 5.74. The molecule has 3 N–H and O–H groups in total. The lowest BCUT2D eigenvalue weighted by Gasteiger charge is -2.11. The molecule has 0 saturated heterocycles. The summed E-state index contributed by atoms with van der Waals surface area (Å²) in [7, 11) is -3.65. The van der Waals surface area contributed by atoms with Crippen LogP contribution in [-0.4, -0.2) is 33.8 Å². The SMILES string of the molecule is Cc1nc(C(C)NS(=O)(=O)c2c(C)n[nH]c2C)n[nH]1. The van der Waals surface area contributed by atoms with Gasteiger partial charge in [-0.15, -0.1) is 0 Å². The zero-order chi connectivity index (χ0) is 14.2. The highest BCUT2D eigenvalue weighted by Crippen LogP contribution is 2.19. The van der Waals surface area contributed by atoms with Gasteiger partial charge in [0.2, 0.25) is 10.0 Å². The lowest BCUT2D eigenvalue weighted by Crippen LogP contribution is -2.28. The Bertz CT molecular complexity index is 667. The second-order valence-electron chi connectivity index (χ2n) is 4.39. The molecule has 0 amide bonds. The predicted molar refractivity (Wildman–Crippen MR) is 67.9 cm³/mol. The molecule has 2 aromatic rings. The van der Waals surface area contributed by atoms with E-state index in [-0.39, 0.29) is 4.90 Å². The summed E-state index contributed by atoms with van der Waals surface area (Å²) >= 11 is 0. The second kappa shape index (κ2) is 4.74. The zero-order valence-corrected chi connectivity index (χ0v) is 12.0. The van der Waals surface area contributed by atoms with Gasteiger partial charge in [0.1, 0.15) is 10.7 Å². The van der Waals surface area contributed by atoms with Crippen LogP contribution in [0.15, 0.2) is 4.90 Å². The fourth-order valence-corrected chi connectivity index (χ4v) is 3.41. The number of nitrogens with zero attached hydrogens (tertiary/aromatic N) is 3. The first-order valence-corrected chi connectivity index (χ1v) is 7.22. The van der Waals surface area contributed by atoms with E-state index in [2.05, 4.69) is 30.1 Å². The number of sulfonamides is 1. The van der Waals surface area contributed by atoms with Crippen LogP contribution in [0, 0.1) is 20.8 Å². The molecule has 1 atom stereocenters. The number of nitrogens with one attached hydrogen (secondary N) is 3. The van der Waals surface area contributed by atoms with Gasteiger partial charge in [0.05, 0.1) is 17.4 Å². The summed E-state index contributed by atoms with van der Waals surface area (Å²) in [5, 5.41) is 13.2. The molecule has 2 rings (SSSR count). The summed E-state index contributed by atoms with van der Waals surface area (Å²) in [6.45, 7) is 6.74. The monoisotopic (exact) mass is 284 g/mol. The molecule has 0 spiro atoms. The topological polar surface area (TPSA) is 116 Å². The van der Waals surface area contributed by atoms with Crippen molar-refractivity contribution in [2.75, 3.05) is 0 Å². The first-order chi connectivity index (χ1) is 8.81. The highest BCUT2D eigenvalue weighted by molar-refractivity contribution is 7.89. The van der Waals surface area contributed by atoms with E-state index in [1.54, 1.807) is 27.7 Å². The van der Waals surface area contributed by atoms with E-state index < -0.39 is 16.1 Å². The largest absolute Gasteiger partial charge is 0.281 e.